The minimum absolute atomic E-state index is 0.165. The second kappa shape index (κ2) is 9.44. The number of benzene rings is 1. The van der Waals surface area contributed by atoms with Crippen molar-refractivity contribution in [3.8, 4) is 0 Å². The molecule has 1 saturated heterocycles. The third-order valence-corrected chi connectivity index (χ3v) is 5.70. The summed E-state index contributed by atoms with van der Waals surface area (Å²) in [6, 6.07) is 9.45. The second-order valence-corrected chi connectivity index (χ2v) is 7.86. The second-order valence-electron chi connectivity index (χ2n) is 7.42. The average molecular weight is 459 g/mol. The lowest BCUT2D eigenvalue weighted by Crippen LogP contribution is -2.58. The van der Waals surface area contributed by atoms with Gasteiger partial charge in [0.2, 0.25) is 11.9 Å². The van der Waals surface area contributed by atoms with E-state index in [-0.39, 0.29) is 12.5 Å². The van der Waals surface area contributed by atoms with Crippen LogP contribution in [0.2, 0.25) is 5.02 Å². The molecule has 32 heavy (non-hydrogen) atoms. The van der Waals surface area contributed by atoms with E-state index in [0.717, 1.165) is 0 Å². The predicted octanol–water partition coefficient (Wildman–Crippen LogP) is 2.10. The average Bonchev–Trinajstić information content (AvgIpc) is 3.34. The Balaban J connectivity index is 1.54. The fourth-order valence-electron chi connectivity index (χ4n) is 3.80. The Labute approximate surface area is 190 Å². The van der Waals surface area contributed by atoms with Crippen molar-refractivity contribution < 1.29 is 23.5 Å². The number of nitrogens with one attached hydrogen (secondary N) is 1. The van der Waals surface area contributed by atoms with Crippen LogP contribution in [0, 0.1) is 5.92 Å². The number of furan rings is 1. The molecule has 0 aliphatic carbocycles. The summed E-state index contributed by atoms with van der Waals surface area (Å²) in [6.07, 6.45) is 1.46. The molecule has 0 spiro atoms. The molecular weight excluding hydrogens is 436 g/mol. The van der Waals surface area contributed by atoms with Crippen LogP contribution in [-0.4, -0.2) is 66.3 Å². The third kappa shape index (κ3) is 4.47. The van der Waals surface area contributed by atoms with E-state index in [1.54, 1.807) is 48.2 Å². The lowest BCUT2D eigenvalue weighted by molar-refractivity contribution is -0.153. The molecule has 2 atom stereocenters. The van der Waals surface area contributed by atoms with Crippen LogP contribution in [0.1, 0.15) is 29.1 Å². The number of ether oxygens (including phenoxy) is 1. The minimum atomic E-state index is -1.10. The molecule has 0 saturated carbocycles. The number of hydrogen-bond acceptors (Lipinski definition) is 7. The van der Waals surface area contributed by atoms with Gasteiger partial charge in [0, 0.05) is 31.2 Å². The molecule has 0 bridgehead atoms. The van der Waals surface area contributed by atoms with E-state index in [4.69, 9.17) is 25.7 Å². The first-order valence-electron chi connectivity index (χ1n) is 10.4. The summed E-state index contributed by atoms with van der Waals surface area (Å²) in [5.41, 5.74) is 0.687. The summed E-state index contributed by atoms with van der Waals surface area (Å²) in [6.45, 7) is 3.70. The Bertz CT molecular complexity index is 1010. The molecule has 2 amide bonds. The van der Waals surface area contributed by atoms with Gasteiger partial charge in [0.1, 0.15) is 6.04 Å². The number of nitrogens with zero attached hydrogens (tertiary/aromatic N) is 3. The van der Waals surface area contributed by atoms with Gasteiger partial charge >= 0.3 is 5.97 Å². The topological polar surface area (TPSA) is 104 Å². The SMILES string of the molecule is CCOC(=O)C1C(=O)NC(N2CCN(C(=O)c3ccco3)CC2)=NC1c1ccc(Cl)cc1. The Morgan fingerprint density at radius 3 is 2.53 bits per heavy atom. The summed E-state index contributed by atoms with van der Waals surface area (Å²) in [7, 11) is 0. The van der Waals surface area contributed by atoms with Gasteiger partial charge in [-0.15, -0.1) is 0 Å². The van der Waals surface area contributed by atoms with Crippen molar-refractivity contribution in [2.24, 2.45) is 10.9 Å². The Kier molecular flexibility index (Phi) is 6.45. The third-order valence-electron chi connectivity index (χ3n) is 5.45. The number of carbonyl (C=O) groups excluding carboxylic acids is 3. The van der Waals surface area contributed by atoms with Crippen LogP contribution in [0.15, 0.2) is 52.1 Å². The molecule has 2 unspecified atom stereocenters. The normalized spacial score (nSPS) is 21.1. The first-order chi connectivity index (χ1) is 15.5. The molecule has 4 rings (SSSR count). The first-order valence-corrected chi connectivity index (χ1v) is 10.7. The van der Waals surface area contributed by atoms with Gasteiger partial charge in [-0.1, -0.05) is 23.7 Å². The number of esters is 1. The van der Waals surface area contributed by atoms with E-state index in [0.29, 0.717) is 48.5 Å². The lowest BCUT2D eigenvalue weighted by Gasteiger charge is -2.38. The van der Waals surface area contributed by atoms with Gasteiger partial charge in [-0.3, -0.25) is 19.7 Å². The van der Waals surface area contributed by atoms with Crippen LogP contribution < -0.4 is 5.32 Å². The number of halogens is 1. The zero-order valence-electron chi connectivity index (χ0n) is 17.5. The van der Waals surface area contributed by atoms with Crippen molar-refractivity contribution >= 4 is 35.3 Å². The number of hydrogen-bond donors (Lipinski definition) is 1. The van der Waals surface area contributed by atoms with E-state index in [2.05, 4.69) is 5.32 Å². The molecule has 1 aromatic carbocycles. The van der Waals surface area contributed by atoms with Gasteiger partial charge in [0.05, 0.1) is 12.9 Å². The molecule has 1 fully saturated rings. The van der Waals surface area contributed by atoms with Crippen LogP contribution in [0.3, 0.4) is 0 Å². The van der Waals surface area contributed by atoms with Crippen LogP contribution >= 0.6 is 11.6 Å². The minimum Gasteiger partial charge on any atom is -0.465 e. The van der Waals surface area contributed by atoms with Crippen LogP contribution in [0.25, 0.3) is 0 Å². The maximum atomic E-state index is 12.9. The molecule has 9 nitrogen and oxygen atoms in total. The maximum Gasteiger partial charge on any atom is 0.321 e. The first kappa shape index (κ1) is 21.9. The highest BCUT2D eigenvalue weighted by Gasteiger charge is 2.42. The number of rotatable bonds is 4. The van der Waals surface area contributed by atoms with Gasteiger partial charge in [-0.25, -0.2) is 4.99 Å². The summed E-state index contributed by atoms with van der Waals surface area (Å²) in [5.74, 6) is -1.70. The van der Waals surface area contributed by atoms with Crippen LogP contribution in [0.4, 0.5) is 0 Å². The van der Waals surface area contributed by atoms with Gasteiger partial charge in [-0.05, 0) is 36.8 Å². The van der Waals surface area contributed by atoms with E-state index in [1.165, 1.54) is 6.26 Å². The highest BCUT2D eigenvalue weighted by molar-refractivity contribution is 6.30. The lowest BCUT2D eigenvalue weighted by atomic mass is 9.91. The molecule has 3 heterocycles. The molecular formula is C22H23ClN4O5. The zero-order valence-corrected chi connectivity index (χ0v) is 18.2. The molecule has 168 valence electrons. The molecule has 2 aromatic rings. The van der Waals surface area contributed by atoms with Crippen LogP contribution in [0.5, 0.6) is 0 Å². The van der Waals surface area contributed by atoms with E-state index in [1.807, 2.05) is 4.90 Å². The van der Waals surface area contributed by atoms with E-state index in [9.17, 15) is 14.4 Å². The Morgan fingerprint density at radius 1 is 1.19 bits per heavy atom. The number of carbonyl (C=O) groups is 3. The fourth-order valence-corrected chi connectivity index (χ4v) is 3.93. The fraction of sp³-hybridized carbons (Fsp3) is 0.364. The van der Waals surface area contributed by atoms with E-state index < -0.39 is 23.8 Å². The smallest absolute Gasteiger partial charge is 0.321 e. The number of aliphatic imine (C=N–C) groups is 1. The summed E-state index contributed by atoms with van der Waals surface area (Å²) in [5, 5.41) is 3.29. The number of amides is 2. The summed E-state index contributed by atoms with van der Waals surface area (Å²) >= 11 is 6.00. The monoisotopic (exact) mass is 458 g/mol. The van der Waals surface area contributed by atoms with Crippen molar-refractivity contribution in [1.82, 2.24) is 15.1 Å². The summed E-state index contributed by atoms with van der Waals surface area (Å²) < 4.78 is 10.3. The van der Waals surface area contributed by atoms with Gasteiger partial charge in [-0.2, -0.15) is 0 Å². The van der Waals surface area contributed by atoms with Crippen molar-refractivity contribution in [3.05, 3.63) is 59.0 Å². The molecule has 2 aliphatic rings. The maximum absolute atomic E-state index is 12.9. The summed E-state index contributed by atoms with van der Waals surface area (Å²) in [4.78, 5) is 46.2. The highest BCUT2D eigenvalue weighted by atomic mass is 35.5. The van der Waals surface area contributed by atoms with E-state index >= 15 is 0 Å². The van der Waals surface area contributed by atoms with Crippen molar-refractivity contribution in [2.75, 3.05) is 32.8 Å². The predicted molar refractivity (Wildman–Crippen MR) is 116 cm³/mol. The molecule has 10 heteroatoms. The van der Waals surface area contributed by atoms with Crippen molar-refractivity contribution in [3.63, 3.8) is 0 Å². The quantitative estimate of drug-likeness (QED) is 0.555. The van der Waals surface area contributed by atoms with Gasteiger partial charge in [0.25, 0.3) is 5.91 Å². The molecule has 1 N–H and O–H groups in total. The number of guanidine groups is 1. The molecule has 2 aliphatic heterocycles. The largest absolute Gasteiger partial charge is 0.465 e. The standard InChI is InChI=1S/C22H23ClN4O5/c1-2-31-21(30)17-18(14-5-7-15(23)8-6-14)24-22(25-19(17)28)27-11-9-26(10-12-27)20(29)16-4-3-13-32-16/h3-8,13,17-18H,2,9-12H2,1H3,(H,24,25,28). The zero-order chi connectivity index (χ0) is 22.7. The van der Waals surface area contributed by atoms with Crippen LogP contribution in [-0.2, 0) is 14.3 Å². The highest BCUT2D eigenvalue weighted by Crippen LogP contribution is 2.31. The molecule has 1 aromatic heterocycles. The molecule has 0 radical (unpaired) electrons. The Morgan fingerprint density at radius 2 is 1.91 bits per heavy atom. The van der Waals surface area contributed by atoms with Gasteiger partial charge in [0.15, 0.2) is 11.7 Å². The number of piperazine rings is 1. The Hall–Kier alpha value is -3.33. The van der Waals surface area contributed by atoms with Crippen molar-refractivity contribution in [2.45, 2.75) is 13.0 Å². The van der Waals surface area contributed by atoms with Crippen molar-refractivity contribution in [1.29, 1.82) is 0 Å². The van der Waals surface area contributed by atoms with Gasteiger partial charge < -0.3 is 19.0 Å².